The van der Waals surface area contributed by atoms with Gasteiger partial charge in [-0.1, -0.05) is 38.1 Å². The molecule has 2 rings (SSSR count). The summed E-state index contributed by atoms with van der Waals surface area (Å²) >= 11 is 0. The standard InChI is InChI=1S/C17H23NO3/c1-3-10-18(12-15(19)20)16(21)17(2)9-8-13-6-4-5-7-14(13)11-17/h4-7H,3,8-12H2,1-2H3,(H,19,20). The number of carbonyl (C=O) groups excluding carboxylic acids is 1. The number of rotatable bonds is 5. The second kappa shape index (κ2) is 6.29. The molecule has 114 valence electrons. The van der Waals surface area contributed by atoms with Crippen molar-refractivity contribution in [1.29, 1.82) is 0 Å². The summed E-state index contributed by atoms with van der Waals surface area (Å²) in [5, 5.41) is 9.01. The molecule has 1 atom stereocenters. The first-order valence-corrected chi connectivity index (χ1v) is 7.54. The van der Waals surface area contributed by atoms with Gasteiger partial charge in [0, 0.05) is 6.54 Å². The second-order valence-electron chi connectivity index (χ2n) is 6.13. The third kappa shape index (κ3) is 3.43. The Morgan fingerprint density at radius 2 is 1.95 bits per heavy atom. The summed E-state index contributed by atoms with van der Waals surface area (Å²) in [5.41, 5.74) is 2.04. The highest BCUT2D eigenvalue weighted by molar-refractivity contribution is 5.86. The number of hydrogen-bond acceptors (Lipinski definition) is 2. The van der Waals surface area contributed by atoms with Gasteiger partial charge in [0.25, 0.3) is 0 Å². The monoisotopic (exact) mass is 289 g/mol. The Morgan fingerprint density at radius 1 is 1.29 bits per heavy atom. The molecule has 1 aliphatic carbocycles. The molecule has 0 saturated carbocycles. The molecule has 0 saturated heterocycles. The zero-order valence-electron chi connectivity index (χ0n) is 12.8. The van der Waals surface area contributed by atoms with Crippen molar-refractivity contribution in [2.24, 2.45) is 5.41 Å². The van der Waals surface area contributed by atoms with Crippen molar-refractivity contribution in [1.82, 2.24) is 4.90 Å². The molecule has 4 heteroatoms. The van der Waals surface area contributed by atoms with Gasteiger partial charge in [-0.25, -0.2) is 0 Å². The minimum atomic E-state index is -0.948. The molecule has 1 aromatic carbocycles. The van der Waals surface area contributed by atoms with Crippen molar-refractivity contribution in [2.45, 2.75) is 39.5 Å². The van der Waals surface area contributed by atoms with Crippen LogP contribution in [0, 0.1) is 5.41 Å². The maximum Gasteiger partial charge on any atom is 0.323 e. The van der Waals surface area contributed by atoms with Crippen LogP contribution in [-0.4, -0.2) is 35.0 Å². The van der Waals surface area contributed by atoms with E-state index in [1.165, 1.54) is 16.0 Å². The molecular formula is C17H23NO3. The lowest BCUT2D eigenvalue weighted by atomic mass is 9.72. The number of carbonyl (C=O) groups is 2. The van der Waals surface area contributed by atoms with Gasteiger partial charge in [0.05, 0.1) is 5.41 Å². The number of aliphatic carboxylic acids is 1. The Morgan fingerprint density at radius 3 is 2.57 bits per heavy atom. The molecule has 0 spiro atoms. The Kier molecular flexibility index (Phi) is 4.66. The predicted octanol–water partition coefficient (Wildman–Crippen LogP) is 2.50. The Labute approximate surface area is 125 Å². The minimum absolute atomic E-state index is 0.0266. The third-order valence-electron chi connectivity index (χ3n) is 4.27. The number of benzene rings is 1. The van der Waals surface area contributed by atoms with Crippen LogP contribution in [0.1, 0.15) is 37.8 Å². The summed E-state index contributed by atoms with van der Waals surface area (Å²) in [6.07, 6.45) is 3.13. The van der Waals surface area contributed by atoms with Crippen molar-refractivity contribution in [3.05, 3.63) is 35.4 Å². The quantitative estimate of drug-likeness (QED) is 0.906. The maximum atomic E-state index is 12.8. The van der Waals surface area contributed by atoms with Gasteiger partial charge in [-0.3, -0.25) is 9.59 Å². The molecule has 0 radical (unpaired) electrons. The summed E-state index contributed by atoms with van der Waals surface area (Å²) < 4.78 is 0. The van der Waals surface area contributed by atoms with E-state index in [0.29, 0.717) is 13.0 Å². The highest BCUT2D eigenvalue weighted by Crippen LogP contribution is 2.36. The van der Waals surface area contributed by atoms with Crippen molar-refractivity contribution >= 4 is 11.9 Å². The summed E-state index contributed by atoms with van der Waals surface area (Å²) in [6, 6.07) is 8.20. The van der Waals surface area contributed by atoms with Crippen LogP contribution < -0.4 is 0 Å². The number of carboxylic acid groups (broad SMARTS) is 1. The Bertz CT molecular complexity index is 541. The summed E-state index contributed by atoms with van der Waals surface area (Å²) in [6.45, 7) is 4.22. The van der Waals surface area contributed by atoms with Crippen molar-refractivity contribution in [3.63, 3.8) is 0 Å². The summed E-state index contributed by atoms with van der Waals surface area (Å²) in [7, 11) is 0. The first-order valence-electron chi connectivity index (χ1n) is 7.54. The zero-order valence-corrected chi connectivity index (χ0v) is 12.8. The van der Waals surface area contributed by atoms with E-state index in [-0.39, 0.29) is 12.5 Å². The van der Waals surface area contributed by atoms with Crippen LogP contribution >= 0.6 is 0 Å². The van der Waals surface area contributed by atoms with Crippen LogP contribution in [0.4, 0.5) is 0 Å². The Balaban J connectivity index is 2.19. The number of fused-ring (bicyclic) bond motifs is 1. The van der Waals surface area contributed by atoms with Gasteiger partial charge in [-0.2, -0.15) is 0 Å². The van der Waals surface area contributed by atoms with Crippen LogP contribution in [0.15, 0.2) is 24.3 Å². The predicted molar refractivity (Wildman–Crippen MR) is 81.1 cm³/mol. The molecule has 1 aliphatic rings. The van der Waals surface area contributed by atoms with Gasteiger partial charge in [0.1, 0.15) is 6.54 Å². The van der Waals surface area contributed by atoms with Gasteiger partial charge in [0.2, 0.25) is 5.91 Å². The molecule has 0 fully saturated rings. The molecule has 1 aromatic rings. The van der Waals surface area contributed by atoms with Crippen molar-refractivity contribution in [3.8, 4) is 0 Å². The number of nitrogens with zero attached hydrogens (tertiary/aromatic N) is 1. The molecule has 1 N–H and O–H groups in total. The second-order valence-corrected chi connectivity index (χ2v) is 6.13. The lowest BCUT2D eigenvalue weighted by Gasteiger charge is -2.37. The molecule has 1 unspecified atom stereocenters. The maximum absolute atomic E-state index is 12.8. The van der Waals surface area contributed by atoms with Gasteiger partial charge in [0.15, 0.2) is 0 Å². The van der Waals surface area contributed by atoms with E-state index in [1.54, 1.807) is 0 Å². The largest absolute Gasteiger partial charge is 0.480 e. The number of hydrogen-bond donors (Lipinski definition) is 1. The van der Waals surface area contributed by atoms with Crippen LogP contribution in [0.5, 0.6) is 0 Å². The molecule has 1 amide bonds. The number of amides is 1. The molecule has 21 heavy (non-hydrogen) atoms. The fourth-order valence-electron chi connectivity index (χ4n) is 3.14. The highest BCUT2D eigenvalue weighted by atomic mass is 16.4. The fraction of sp³-hybridized carbons (Fsp3) is 0.529. The molecule has 0 heterocycles. The van der Waals surface area contributed by atoms with E-state index in [9.17, 15) is 9.59 Å². The molecule has 4 nitrogen and oxygen atoms in total. The molecular weight excluding hydrogens is 266 g/mol. The lowest BCUT2D eigenvalue weighted by molar-refractivity contribution is -0.149. The topological polar surface area (TPSA) is 57.6 Å². The van der Waals surface area contributed by atoms with E-state index in [1.807, 2.05) is 26.0 Å². The van der Waals surface area contributed by atoms with Crippen molar-refractivity contribution in [2.75, 3.05) is 13.1 Å². The van der Waals surface area contributed by atoms with Crippen molar-refractivity contribution < 1.29 is 14.7 Å². The van der Waals surface area contributed by atoms with E-state index in [0.717, 1.165) is 19.3 Å². The summed E-state index contributed by atoms with van der Waals surface area (Å²) in [5.74, 6) is -0.974. The summed E-state index contributed by atoms with van der Waals surface area (Å²) in [4.78, 5) is 25.3. The van der Waals surface area contributed by atoms with Crippen LogP contribution in [0.25, 0.3) is 0 Å². The smallest absolute Gasteiger partial charge is 0.323 e. The van der Waals surface area contributed by atoms with Gasteiger partial charge in [-0.05, 0) is 36.8 Å². The third-order valence-corrected chi connectivity index (χ3v) is 4.27. The van der Waals surface area contributed by atoms with Gasteiger partial charge >= 0.3 is 5.97 Å². The van der Waals surface area contributed by atoms with Gasteiger partial charge < -0.3 is 10.0 Å². The van der Waals surface area contributed by atoms with E-state index in [4.69, 9.17) is 5.11 Å². The average Bonchev–Trinajstić information content (AvgIpc) is 2.45. The zero-order chi connectivity index (χ0) is 15.5. The number of aryl methyl sites for hydroxylation is 1. The average molecular weight is 289 g/mol. The minimum Gasteiger partial charge on any atom is -0.480 e. The molecule has 0 aliphatic heterocycles. The van der Waals surface area contributed by atoms with Crippen LogP contribution in [0.3, 0.4) is 0 Å². The van der Waals surface area contributed by atoms with E-state index >= 15 is 0 Å². The number of carboxylic acids is 1. The van der Waals surface area contributed by atoms with Crippen LogP contribution in [-0.2, 0) is 22.4 Å². The van der Waals surface area contributed by atoms with Gasteiger partial charge in [-0.15, -0.1) is 0 Å². The SMILES string of the molecule is CCCN(CC(=O)O)C(=O)C1(C)CCc2ccccc2C1. The normalized spacial score (nSPS) is 20.7. The lowest BCUT2D eigenvalue weighted by Crippen LogP contribution is -2.47. The van der Waals surface area contributed by atoms with E-state index < -0.39 is 11.4 Å². The Hall–Kier alpha value is -1.84. The van der Waals surface area contributed by atoms with Crippen LogP contribution in [0.2, 0.25) is 0 Å². The highest BCUT2D eigenvalue weighted by Gasteiger charge is 2.39. The molecule has 0 bridgehead atoms. The fourth-order valence-corrected chi connectivity index (χ4v) is 3.14. The first kappa shape index (κ1) is 15.5. The first-order chi connectivity index (χ1) is 9.96. The molecule has 0 aromatic heterocycles. The van der Waals surface area contributed by atoms with E-state index in [2.05, 4.69) is 12.1 Å².